The van der Waals surface area contributed by atoms with Gasteiger partial charge in [-0.15, -0.1) is 0 Å². The predicted octanol–water partition coefficient (Wildman–Crippen LogP) is -0.597. The topological polar surface area (TPSA) is 81.4 Å². The second-order valence-corrected chi connectivity index (χ2v) is 2.64. The van der Waals surface area contributed by atoms with Crippen LogP contribution >= 0.6 is 0 Å². The molecule has 0 aromatic carbocycles. The van der Waals surface area contributed by atoms with E-state index < -0.39 is 0 Å². The lowest BCUT2D eigenvalue weighted by Crippen LogP contribution is -2.37. The molecule has 76 valence electrons. The molecule has 3 N–H and O–H groups in total. The molecule has 0 saturated carbocycles. The van der Waals surface area contributed by atoms with Crippen LogP contribution in [-0.2, 0) is 14.3 Å². The van der Waals surface area contributed by atoms with Gasteiger partial charge in [0.15, 0.2) is 0 Å². The number of esters is 1. The first-order valence-electron chi connectivity index (χ1n) is 4.26. The average Bonchev–Trinajstić information content (AvgIpc) is 2.04. The van der Waals surface area contributed by atoms with Gasteiger partial charge in [0.25, 0.3) is 0 Å². The van der Waals surface area contributed by atoms with E-state index >= 15 is 0 Å². The molecular weight excluding hydrogens is 172 g/mol. The summed E-state index contributed by atoms with van der Waals surface area (Å²) in [7, 11) is 0. The highest BCUT2D eigenvalue weighted by Crippen LogP contribution is 1.87. The second-order valence-electron chi connectivity index (χ2n) is 2.64. The molecule has 13 heavy (non-hydrogen) atoms. The van der Waals surface area contributed by atoms with E-state index in [0.29, 0.717) is 13.2 Å². The van der Waals surface area contributed by atoms with Crippen molar-refractivity contribution in [3.05, 3.63) is 0 Å². The molecule has 0 bridgehead atoms. The molecule has 1 atom stereocenters. The van der Waals surface area contributed by atoms with Crippen molar-refractivity contribution in [1.29, 1.82) is 0 Å². The first-order valence-corrected chi connectivity index (χ1v) is 4.26. The molecule has 5 nitrogen and oxygen atoms in total. The number of ether oxygens (including phenoxy) is 1. The van der Waals surface area contributed by atoms with Crippen LogP contribution in [0.3, 0.4) is 0 Å². The zero-order valence-electron chi connectivity index (χ0n) is 8.00. The number of hydrogen-bond donors (Lipinski definition) is 2. The maximum Gasteiger partial charge on any atom is 0.322 e. The van der Waals surface area contributed by atoms with Gasteiger partial charge in [-0.3, -0.25) is 9.59 Å². The minimum absolute atomic E-state index is 0.226. The predicted molar refractivity (Wildman–Crippen MR) is 47.9 cm³/mol. The average molecular weight is 188 g/mol. The highest BCUT2D eigenvalue weighted by molar-refractivity contribution is 5.76. The van der Waals surface area contributed by atoms with Crippen molar-refractivity contribution < 1.29 is 14.3 Å². The number of carbonyl (C=O) groups is 2. The van der Waals surface area contributed by atoms with E-state index in [-0.39, 0.29) is 24.3 Å². The van der Waals surface area contributed by atoms with E-state index in [1.54, 1.807) is 13.8 Å². The molecule has 0 aliphatic rings. The molecule has 0 saturated heterocycles. The summed E-state index contributed by atoms with van der Waals surface area (Å²) in [5.74, 6) is -0.699. The summed E-state index contributed by atoms with van der Waals surface area (Å²) in [6.07, 6.45) is 0.226. The van der Waals surface area contributed by atoms with Gasteiger partial charge in [-0.25, -0.2) is 0 Å². The highest BCUT2D eigenvalue weighted by atomic mass is 16.5. The van der Waals surface area contributed by atoms with Gasteiger partial charge in [0, 0.05) is 13.0 Å². The van der Waals surface area contributed by atoms with Gasteiger partial charge < -0.3 is 15.8 Å². The van der Waals surface area contributed by atoms with Crippen molar-refractivity contribution >= 4 is 11.9 Å². The molecule has 1 unspecified atom stereocenters. The maximum absolute atomic E-state index is 11.0. The molecule has 0 radical (unpaired) electrons. The fourth-order valence-electron chi connectivity index (χ4n) is 0.762. The summed E-state index contributed by atoms with van der Waals surface area (Å²) in [6.45, 7) is 4.18. The Labute approximate surface area is 77.6 Å². The Balaban J connectivity index is 3.55. The minimum atomic E-state index is -0.390. The van der Waals surface area contributed by atoms with Gasteiger partial charge in [-0.1, -0.05) is 0 Å². The van der Waals surface area contributed by atoms with Crippen molar-refractivity contribution in [1.82, 2.24) is 5.32 Å². The molecule has 0 heterocycles. The quantitative estimate of drug-likeness (QED) is 0.545. The molecule has 1 amide bonds. The number of amides is 1. The largest absolute Gasteiger partial charge is 0.465 e. The Morgan fingerprint density at radius 2 is 2.15 bits per heavy atom. The van der Waals surface area contributed by atoms with Crippen LogP contribution in [0, 0.1) is 0 Å². The second kappa shape index (κ2) is 6.42. The molecule has 0 aromatic rings. The van der Waals surface area contributed by atoms with Crippen LogP contribution < -0.4 is 11.1 Å². The molecule has 0 spiro atoms. The summed E-state index contributed by atoms with van der Waals surface area (Å²) >= 11 is 0. The number of nitrogens with two attached hydrogens (primary N) is 1. The zero-order chi connectivity index (χ0) is 10.3. The molecule has 0 aliphatic carbocycles. The van der Waals surface area contributed by atoms with E-state index in [1.165, 1.54) is 0 Å². The lowest BCUT2D eigenvalue weighted by atomic mass is 10.3. The number of carbonyl (C=O) groups excluding carboxylic acids is 2. The van der Waals surface area contributed by atoms with Crippen molar-refractivity contribution in [3.63, 3.8) is 0 Å². The lowest BCUT2D eigenvalue weighted by molar-refractivity contribution is -0.145. The number of primary amides is 1. The fraction of sp³-hybridized carbons (Fsp3) is 0.750. The van der Waals surface area contributed by atoms with Crippen LogP contribution in [0.15, 0.2) is 0 Å². The summed E-state index contributed by atoms with van der Waals surface area (Å²) in [4.78, 5) is 21.4. The van der Waals surface area contributed by atoms with Gasteiger partial charge in [0.1, 0.15) is 6.04 Å². The number of nitrogens with one attached hydrogen (secondary N) is 1. The van der Waals surface area contributed by atoms with E-state index in [2.05, 4.69) is 5.32 Å². The summed E-state index contributed by atoms with van der Waals surface area (Å²) in [5, 5.41) is 2.82. The first kappa shape index (κ1) is 11.9. The van der Waals surface area contributed by atoms with Gasteiger partial charge in [-0.2, -0.15) is 0 Å². The minimum Gasteiger partial charge on any atom is -0.465 e. The van der Waals surface area contributed by atoms with Crippen LogP contribution in [-0.4, -0.2) is 31.1 Å². The molecule has 0 fully saturated rings. The van der Waals surface area contributed by atoms with Crippen molar-refractivity contribution in [2.75, 3.05) is 13.2 Å². The maximum atomic E-state index is 11.0. The van der Waals surface area contributed by atoms with E-state index in [4.69, 9.17) is 10.5 Å². The third-order valence-electron chi connectivity index (χ3n) is 1.46. The summed E-state index contributed by atoms with van der Waals surface area (Å²) in [5.41, 5.74) is 4.92. The Morgan fingerprint density at radius 3 is 2.62 bits per heavy atom. The van der Waals surface area contributed by atoms with Crippen molar-refractivity contribution in [3.8, 4) is 0 Å². The van der Waals surface area contributed by atoms with Crippen LogP contribution in [0.4, 0.5) is 0 Å². The number of rotatable bonds is 6. The van der Waals surface area contributed by atoms with Crippen LogP contribution in [0.2, 0.25) is 0 Å². The normalized spacial score (nSPS) is 12.2. The Morgan fingerprint density at radius 1 is 1.54 bits per heavy atom. The van der Waals surface area contributed by atoms with Crippen molar-refractivity contribution in [2.45, 2.75) is 26.3 Å². The molecule has 0 aromatic heterocycles. The van der Waals surface area contributed by atoms with Gasteiger partial charge >= 0.3 is 5.97 Å². The molecule has 0 rings (SSSR count). The highest BCUT2D eigenvalue weighted by Gasteiger charge is 2.12. The Hall–Kier alpha value is -1.10. The molecule has 5 heteroatoms. The lowest BCUT2D eigenvalue weighted by Gasteiger charge is -2.11. The molecule has 0 aliphatic heterocycles. The van der Waals surface area contributed by atoms with E-state index in [9.17, 15) is 9.59 Å². The van der Waals surface area contributed by atoms with Crippen molar-refractivity contribution in [2.24, 2.45) is 5.73 Å². The monoisotopic (exact) mass is 188 g/mol. The third-order valence-corrected chi connectivity index (χ3v) is 1.46. The summed E-state index contributed by atoms with van der Waals surface area (Å²) in [6, 6.07) is -0.390. The summed E-state index contributed by atoms with van der Waals surface area (Å²) < 4.78 is 4.74. The van der Waals surface area contributed by atoms with Crippen LogP contribution in [0.25, 0.3) is 0 Å². The van der Waals surface area contributed by atoms with Gasteiger partial charge in [0.2, 0.25) is 5.91 Å². The Bertz CT molecular complexity index is 182. The van der Waals surface area contributed by atoms with Gasteiger partial charge in [-0.05, 0) is 13.8 Å². The smallest absolute Gasteiger partial charge is 0.322 e. The number of hydrogen-bond acceptors (Lipinski definition) is 4. The standard InChI is InChI=1S/C8H16N2O3/c1-3-13-8(12)6(2)10-5-4-7(9)11/h6,10H,3-5H2,1-2H3,(H2,9,11). The first-order chi connectivity index (χ1) is 6.07. The fourth-order valence-corrected chi connectivity index (χ4v) is 0.762. The van der Waals surface area contributed by atoms with E-state index in [0.717, 1.165) is 0 Å². The van der Waals surface area contributed by atoms with Gasteiger partial charge in [0.05, 0.1) is 6.61 Å². The van der Waals surface area contributed by atoms with Crippen LogP contribution in [0.5, 0.6) is 0 Å². The Kier molecular flexibility index (Phi) is 5.88. The third kappa shape index (κ3) is 6.10. The SMILES string of the molecule is CCOC(=O)C(C)NCCC(N)=O. The van der Waals surface area contributed by atoms with E-state index in [1.807, 2.05) is 0 Å². The zero-order valence-corrected chi connectivity index (χ0v) is 8.00. The van der Waals surface area contributed by atoms with Crippen LogP contribution in [0.1, 0.15) is 20.3 Å². The molecular formula is C8H16N2O3.